The predicted molar refractivity (Wildman–Crippen MR) is 136 cm³/mol. The van der Waals surface area contributed by atoms with Crippen molar-refractivity contribution in [3.63, 3.8) is 0 Å². The molecule has 3 aromatic carbocycles. The van der Waals surface area contributed by atoms with Crippen LogP contribution in [0.4, 0.5) is 0 Å². The van der Waals surface area contributed by atoms with Crippen LogP contribution in [0.25, 0.3) is 39.3 Å². The number of rotatable bonds is 4. The fraction of sp³-hybridized carbons (Fsp3) is 0.0968. The second-order valence-electron chi connectivity index (χ2n) is 8.65. The van der Waals surface area contributed by atoms with Gasteiger partial charge in [0.2, 0.25) is 17.1 Å². The van der Waals surface area contributed by atoms with Crippen LogP contribution in [0.3, 0.4) is 0 Å². The smallest absolute Gasteiger partial charge is 0.219 e. The minimum absolute atomic E-state index is 1.09. The summed E-state index contributed by atoms with van der Waals surface area (Å²) in [5, 5.41) is 0. The van der Waals surface area contributed by atoms with Gasteiger partial charge in [0.1, 0.15) is 0 Å². The van der Waals surface area contributed by atoms with Crippen LogP contribution in [0.1, 0.15) is 16.7 Å². The van der Waals surface area contributed by atoms with Gasteiger partial charge in [0.25, 0.3) is 0 Å². The Bertz CT molecular complexity index is 1320. The summed E-state index contributed by atoms with van der Waals surface area (Å²) < 4.78 is 2.34. The third-order valence-corrected chi connectivity index (χ3v) is 6.07. The maximum absolute atomic E-state index is 4.26. The second-order valence-corrected chi connectivity index (χ2v) is 8.65. The van der Waals surface area contributed by atoms with Gasteiger partial charge in [0.15, 0.2) is 0 Å². The highest BCUT2D eigenvalue weighted by atomic mass is 15.0. The van der Waals surface area contributed by atoms with E-state index >= 15 is 0 Å². The lowest BCUT2D eigenvalue weighted by Gasteiger charge is -2.13. The normalized spacial score (nSPS) is 10.9. The first-order valence-electron chi connectivity index (χ1n) is 11.3. The lowest BCUT2D eigenvalue weighted by Crippen LogP contribution is -2.36. The number of hydrogen-bond acceptors (Lipinski definition) is 1. The first kappa shape index (κ1) is 20.8. The molecule has 2 heterocycles. The zero-order chi connectivity index (χ0) is 22.8. The van der Waals surface area contributed by atoms with E-state index in [0.717, 1.165) is 17.1 Å². The van der Waals surface area contributed by atoms with E-state index in [-0.39, 0.29) is 0 Å². The van der Waals surface area contributed by atoms with Gasteiger partial charge in [0, 0.05) is 47.8 Å². The lowest BCUT2D eigenvalue weighted by molar-refractivity contribution is -0.572. The molecule has 0 fully saturated rings. The van der Waals surface area contributed by atoms with Crippen LogP contribution in [-0.2, 0) is 0 Å². The molecule has 0 unspecified atom stereocenters. The highest BCUT2D eigenvalue weighted by molar-refractivity contribution is 5.74. The summed E-state index contributed by atoms with van der Waals surface area (Å²) in [7, 11) is 0. The van der Waals surface area contributed by atoms with E-state index in [1.807, 2.05) is 12.4 Å². The van der Waals surface area contributed by atoms with Gasteiger partial charge >= 0.3 is 0 Å². The molecule has 5 aromatic rings. The molecular formula is C31H27N2+. The van der Waals surface area contributed by atoms with E-state index in [2.05, 4.69) is 127 Å². The molecule has 33 heavy (non-hydrogen) atoms. The number of nitrogens with zero attached hydrogens (tertiary/aromatic N) is 2. The number of aromatic nitrogens is 2. The monoisotopic (exact) mass is 427 g/mol. The van der Waals surface area contributed by atoms with Crippen LogP contribution < -0.4 is 4.57 Å². The average Bonchev–Trinajstić information content (AvgIpc) is 2.85. The Kier molecular flexibility index (Phi) is 5.58. The third-order valence-electron chi connectivity index (χ3n) is 6.07. The Morgan fingerprint density at radius 3 is 1.27 bits per heavy atom. The van der Waals surface area contributed by atoms with Crippen LogP contribution in [0.2, 0.25) is 0 Å². The fourth-order valence-corrected chi connectivity index (χ4v) is 4.15. The SMILES string of the molecule is Cc1ccc(-c2cc(-c3ccc(C)cc3)[n+](-c3ccncc3)c(-c3ccc(C)cc3)c2)cc1. The molecule has 2 nitrogen and oxygen atoms in total. The van der Waals surface area contributed by atoms with Gasteiger partial charge < -0.3 is 0 Å². The Hall–Kier alpha value is -4.04. The molecule has 0 saturated carbocycles. The predicted octanol–water partition coefficient (Wildman–Crippen LogP) is 7.28. The largest absolute Gasteiger partial charge is 0.264 e. The summed E-state index contributed by atoms with van der Waals surface area (Å²) in [5.74, 6) is 0. The van der Waals surface area contributed by atoms with E-state index in [4.69, 9.17) is 0 Å². The first-order chi connectivity index (χ1) is 16.1. The van der Waals surface area contributed by atoms with Gasteiger partial charge in [-0.25, -0.2) is 0 Å². The van der Waals surface area contributed by atoms with Crippen LogP contribution in [0, 0.1) is 20.8 Å². The van der Waals surface area contributed by atoms with Crippen LogP contribution in [-0.4, -0.2) is 4.98 Å². The number of hydrogen-bond donors (Lipinski definition) is 0. The molecule has 0 aliphatic carbocycles. The standard InChI is InChI=1S/C31H27N2/c1-22-4-10-25(11-5-22)28-20-30(26-12-6-23(2)7-13-26)33(29-16-18-32-19-17-29)31(21-28)27-14-8-24(3)9-15-27/h4-21H,1-3H3/q+1. The average molecular weight is 428 g/mol. The topological polar surface area (TPSA) is 16.8 Å². The molecular weight excluding hydrogens is 400 g/mol. The van der Waals surface area contributed by atoms with E-state index < -0.39 is 0 Å². The molecule has 0 atom stereocenters. The van der Waals surface area contributed by atoms with Gasteiger partial charge in [-0.2, -0.15) is 4.57 Å². The highest BCUT2D eigenvalue weighted by Gasteiger charge is 2.24. The molecule has 0 amide bonds. The van der Waals surface area contributed by atoms with Crippen molar-refractivity contribution in [1.82, 2.24) is 4.98 Å². The molecule has 2 aromatic heterocycles. The summed E-state index contributed by atoms with van der Waals surface area (Å²) in [6, 6.07) is 35.0. The van der Waals surface area contributed by atoms with Gasteiger partial charge in [-0.05, 0) is 56.2 Å². The highest BCUT2D eigenvalue weighted by Crippen LogP contribution is 2.31. The molecule has 0 saturated heterocycles. The van der Waals surface area contributed by atoms with Gasteiger partial charge in [-0.3, -0.25) is 4.98 Å². The number of pyridine rings is 2. The van der Waals surface area contributed by atoms with E-state index in [9.17, 15) is 0 Å². The summed E-state index contributed by atoms with van der Waals surface area (Å²) >= 11 is 0. The van der Waals surface area contributed by atoms with Crippen molar-refractivity contribution in [1.29, 1.82) is 0 Å². The van der Waals surface area contributed by atoms with Crippen molar-refractivity contribution in [3.8, 4) is 39.3 Å². The third kappa shape index (κ3) is 4.33. The second kappa shape index (κ2) is 8.84. The van der Waals surface area contributed by atoms with Crippen LogP contribution >= 0.6 is 0 Å². The molecule has 5 rings (SSSR count). The van der Waals surface area contributed by atoms with Crippen molar-refractivity contribution in [2.75, 3.05) is 0 Å². The van der Waals surface area contributed by atoms with Crippen molar-refractivity contribution in [3.05, 3.63) is 126 Å². The Balaban J connectivity index is 1.85. The molecule has 0 bridgehead atoms. The summed E-state index contributed by atoms with van der Waals surface area (Å²) in [4.78, 5) is 4.26. The summed E-state index contributed by atoms with van der Waals surface area (Å²) in [6.07, 6.45) is 3.71. The lowest BCUT2D eigenvalue weighted by atomic mass is 9.97. The van der Waals surface area contributed by atoms with Crippen molar-refractivity contribution >= 4 is 0 Å². The van der Waals surface area contributed by atoms with E-state index in [1.165, 1.54) is 38.9 Å². The Morgan fingerprint density at radius 2 is 0.848 bits per heavy atom. The number of aryl methyl sites for hydroxylation is 3. The molecule has 160 valence electrons. The minimum atomic E-state index is 1.09. The minimum Gasteiger partial charge on any atom is -0.264 e. The van der Waals surface area contributed by atoms with Crippen molar-refractivity contribution < 1.29 is 4.57 Å². The molecule has 0 spiro atoms. The Morgan fingerprint density at radius 1 is 0.455 bits per heavy atom. The molecule has 0 aliphatic rings. The molecule has 0 radical (unpaired) electrons. The Labute approximate surface area is 195 Å². The van der Waals surface area contributed by atoms with Gasteiger partial charge in [0.05, 0.1) is 0 Å². The zero-order valence-corrected chi connectivity index (χ0v) is 19.3. The molecule has 0 N–H and O–H groups in total. The first-order valence-corrected chi connectivity index (χ1v) is 11.3. The maximum Gasteiger partial charge on any atom is 0.219 e. The van der Waals surface area contributed by atoms with E-state index in [0.29, 0.717) is 0 Å². The maximum atomic E-state index is 4.26. The van der Waals surface area contributed by atoms with Crippen LogP contribution in [0.15, 0.2) is 109 Å². The van der Waals surface area contributed by atoms with Crippen molar-refractivity contribution in [2.24, 2.45) is 0 Å². The number of benzene rings is 3. The quantitative estimate of drug-likeness (QED) is 0.275. The van der Waals surface area contributed by atoms with Gasteiger partial charge in [-0.1, -0.05) is 65.2 Å². The van der Waals surface area contributed by atoms with Gasteiger partial charge in [-0.15, -0.1) is 0 Å². The molecule has 0 aliphatic heterocycles. The zero-order valence-electron chi connectivity index (χ0n) is 19.3. The van der Waals surface area contributed by atoms with Crippen LogP contribution in [0.5, 0.6) is 0 Å². The fourth-order valence-electron chi connectivity index (χ4n) is 4.15. The molecule has 2 heteroatoms. The summed E-state index contributed by atoms with van der Waals surface area (Å²) in [5.41, 5.74) is 11.9. The summed E-state index contributed by atoms with van der Waals surface area (Å²) in [6.45, 7) is 6.38. The van der Waals surface area contributed by atoms with Crippen molar-refractivity contribution in [2.45, 2.75) is 20.8 Å². The van der Waals surface area contributed by atoms with E-state index in [1.54, 1.807) is 0 Å².